The van der Waals surface area contributed by atoms with E-state index in [0.29, 0.717) is 5.92 Å². The van der Waals surface area contributed by atoms with Crippen LogP contribution in [0, 0.1) is 11.8 Å². The van der Waals surface area contributed by atoms with Gasteiger partial charge in [-0.3, -0.25) is 0 Å². The van der Waals surface area contributed by atoms with E-state index in [9.17, 15) is 0 Å². The summed E-state index contributed by atoms with van der Waals surface area (Å²) in [7, 11) is 0. The molecule has 2 aromatic rings. The van der Waals surface area contributed by atoms with Crippen molar-refractivity contribution in [1.29, 1.82) is 0 Å². The molecule has 0 aliphatic carbocycles. The van der Waals surface area contributed by atoms with E-state index in [1.165, 1.54) is 23.8 Å². The zero-order valence-corrected chi connectivity index (χ0v) is 13.7. The first-order valence-electron chi connectivity index (χ1n) is 8.36. The molecule has 0 N–H and O–H groups in total. The number of hydrogen-bond acceptors (Lipinski definition) is 4. The van der Waals surface area contributed by atoms with Gasteiger partial charge in [-0.1, -0.05) is 0 Å². The smallest absolute Gasteiger partial charge is 0.159 e. The molecule has 2 fully saturated rings. The van der Waals surface area contributed by atoms with Gasteiger partial charge in [0.2, 0.25) is 0 Å². The van der Waals surface area contributed by atoms with E-state index in [-0.39, 0.29) is 0 Å². The summed E-state index contributed by atoms with van der Waals surface area (Å²) in [5, 5.41) is 0. The maximum atomic E-state index is 5.49. The van der Waals surface area contributed by atoms with E-state index in [1.807, 2.05) is 12.3 Å². The molecule has 0 amide bonds. The zero-order chi connectivity index (χ0) is 14.8. The summed E-state index contributed by atoms with van der Waals surface area (Å²) in [6.45, 7) is 2.89. The quantitative estimate of drug-likeness (QED) is 0.868. The summed E-state index contributed by atoms with van der Waals surface area (Å²) >= 11 is 2.08. The molecule has 2 aliphatic heterocycles. The number of pyridine rings is 1. The van der Waals surface area contributed by atoms with Gasteiger partial charge in [-0.15, -0.1) is 0 Å². The predicted octanol–water partition coefficient (Wildman–Crippen LogP) is 3.15. The van der Waals surface area contributed by atoms with E-state index >= 15 is 0 Å². The Bertz CT molecular complexity index is 630. The lowest BCUT2D eigenvalue weighted by Crippen LogP contribution is -2.20. The van der Waals surface area contributed by atoms with Crippen LogP contribution in [0.3, 0.4) is 0 Å². The number of imidazole rings is 1. The summed E-state index contributed by atoms with van der Waals surface area (Å²) in [4.78, 5) is 9.51. The summed E-state index contributed by atoms with van der Waals surface area (Å²) in [5.41, 5.74) is 2.12. The van der Waals surface area contributed by atoms with Crippen molar-refractivity contribution in [3.63, 3.8) is 0 Å². The van der Waals surface area contributed by atoms with Crippen LogP contribution in [0.4, 0.5) is 0 Å². The maximum Gasteiger partial charge on any atom is 0.159 e. The molecule has 0 bridgehead atoms. The lowest BCUT2D eigenvalue weighted by Gasteiger charge is -2.22. The fraction of sp³-hybridized carbons (Fsp3) is 0.647. The summed E-state index contributed by atoms with van der Waals surface area (Å²) in [6.07, 6.45) is 6.61. The molecular formula is C17H23N3OS. The Morgan fingerprint density at radius 2 is 2.14 bits per heavy atom. The second kappa shape index (κ2) is 6.59. The largest absolute Gasteiger partial charge is 0.381 e. The topological polar surface area (TPSA) is 39.9 Å². The number of fused-ring (bicyclic) bond motifs is 1. The number of aromatic nitrogens is 3. The molecule has 118 valence electrons. The van der Waals surface area contributed by atoms with Crippen LogP contribution >= 0.6 is 11.8 Å². The van der Waals surface area contributed by atoms with Crippen molar-refractivity contribution in [2.75, 3.05) is 24.7 Å². The predicted molar refractivity (Wildman–Crippen MR) is 90.2 cm³/mol. The highest BCUT2D eigenvalue weighted by molar-refractivity contribution is 7.99. The Hall–Kier alpha value is -1.07. The fourth-order valence-corrected chi connectivity index (χ4v) is 4.82. The van der Waals surface area contributed by atoms with Gasteiger partial charge in [0.25, 0.3) is 0 Å². The van der Waals surface area contributed by atoms with Gasteiger partial charge >= 0.3 is 0 Å². The van der Waals surface area contributed by atoms with Crippen LogP contribution in [0.1, 0.15) is 25.1 Å². The molecular weight excluding hydrogens is 294 g/mol. The monoisotopic (exact) mass is 317 g/mol. The minimum atomic E-state index is 0.710. The van der Waals surface area contributed by atoms with E-state index in [4.69, 9.17) is 9.72 Å². The number of hydrogen-bond donors (Lipinski definition) is 0. The molecule has 2 saturated heterocycles. The maximum absolute atomic E-state index is 5.49. The number of ether oxygens (including phenoxy) is 1. The Kier molecular flexibility index (Phi) is 4.35. The zero-order valence-electron chi connectivity index (χ0n) is 12.9. The Morgan fingerprint density at radius 1 is 1.23 bits per heavy atom. The lowest BCUT2D eigenvalue weighted by molar-refractivity contribution is 0.0657. The van der Waals surface area contributed by atoms with Crippen molar-refractivity contribution in [2.24, 2.45) is 11.8 Å². The molecule has 5 heteroatoms. The van der Waals surface area contributed by atoms with Crippen molar-refractivity contribution in [3.8, 4) is 0 Å². The minimum absolute atomic E-state index is 0.710. The van der Waals surface area contributed by atoms with Crippen molar-refractivity contribution in [3.05, 3.63) is 24.2 Å². The minimum Gasteiger partial charge on any atom is -0.381 e. The second-order valence-corrected chi connectivity index (χ2v) is 7.62. The van der Waals surface area contributed by atoms with Gasteiger partial charge in [-0.2, -0.15) is 11.8 Å². The van der Waals surface area contributed by atoms with Gasteiger partial charge in [0.05, 0.1) is 0 Å². The molecule has 1 unspecified atom stereocenters. The first kappa shape index (κ1) is 14.5. The van der Waals surface area contributed by atoms with Crippen LogP contribution in [0.25, 0.3) is 11.2 Å². The van der Waals surface area contributed by atoms with Gasteiger partial charge in [-0.05, 0) is 54.7 Å². The molecule has 2 aromatic heterocycles. The number of nitrogens with zero attached hydrogens (tertiary/aromatic N) is 3. The first-order chi connectivity index (χ1) is 10.9. The molecule has 4 nitrogen and oxygen atoms in total. The van der Waals surface area contributed by atoms with Gasteiger partial charge in [-0.25, -0.2) is 9.97 Å². The molecule has 2 aliphatic rings. The van der Waals surface area contributed by atoms with Crippen LogP contribution in [0.15, 0.2) is 18.3 Å². The SMILES string of the molecule is c1cnc2c(c1)nc(CC1CCOCC1)n2CC1CCSC1. The van der Waals surface area contributed by atoms with Crippen LogP contribution in [0.5, 0.6) is 0 Å². The molecule has 4 heterocycles. The molecule has 1 atom stereocenters. The third-order valence-corrected chi connectivity index (χ3v) is 6.09. The van der Waals surface area contributed by atoms with E-state index in [0.717, 1.165) is 56.1 Å². The van der Waals surface area contributed by atoms with Crippen LogP contribution in [-0.2, 0) is 17.7 Å². The third-order valence-electron chi connectivity index (χ3n) is 4.86. The fourth-order valence-electron chi connectivity index (χ4n) is 3.55. The van der Waals surface area contributed by atoms with Crippen LogP contribution < -0.4 is 0 Å². The third kappa shape index (κ3) is 3.01. The van der Waals surface area contributed by atoms with Crippen LogP contribution in [-0.4, -0.2) is 39.3 Å². The molecule has 0 aromatic carbocycles. The molecule has 4 rings (SSSR count). The van der Waals surface area contributed by atoms with Crippen LogP contribution in [0.2, 0.25) is 0 Å². The average Bonchev–Trinajstić information content (AvgIpc) is 3.18. The lowest BCUT2D eigenvalue weighted by atomic mass is 9.96. The molecule has 0 spiro atoms. The van der Waals surface area contributed by atoms with Gasteiger partial charge in [0, 0.05) is 32.4 Å². The summed E-state index contributed by atoms with van der Waals surface area (Å²) in [6, 6.07) is 4.08. The highest BCUT2D eigenvalue weighted by Gasteiger charge is 2.22. The second-order valence-electron chi connectivity index (χ2n) is 6.47. The molecule has 0 saturated carbocycles. The molecule has 22 heavy (non-hydrogen) atoms. The van der Waals surface area contributed by atoms with Crippen molar-refractivity contribution < 1.29 is 4.74 Å². The highest BCUT2D eigenvalue weighted by atomic mass is 32.2. The number of rotatable bonds is 4. The van der Waals surface area contributed by atoms with E-state index in [1.54, 1.807) is 0 Å². The molecule has 0 radical (unpaired) electrons. The Morgan fingerprint density at radius 3 is 2.95 bits per heavy atom. The summed E-state index contributed by atoms with van der Waals surface area (Å²) < 4.78 is 7.90. The normalized spacial score (nSPS) is 23.4. The standard InChI is InChI=1S/C17H23N3OS/c1-2-15-17(18-6-1)20(11-14-5-9-22-12-14)16(19-15)10-13-3-7-21-8-4-13/h1-2,6,13-14H,3-5,7-12H2. The Labute approximate surface area is 135 Å². The van der Waals surface area contributed by atoms with Gasteiger partial charge in [0.1, 0.15) is 11.3 Å². The van der Waals surface area contributed by atoms with Crippen molar-refractivity contribution in [1.82, 2.24) is 14.5 Å². The Balaban J connectivity index is 1.62. The van der Waals surface area contributed by atoms with Crippen molar-refractivity contribution >= 4 is 22.9 Å². The van der Waals surface area contributed by atoms with Gasteiger partial charge < -0.3 is 9.30 Å². The number of thioether (sulfide) groups is 1. The van der Waals surface area contributed by atoms with E-state index < -0.39 is 0 Å². The average molecular weight is 317 g/mol. The van der Waals surface area contributed by atoms with E-state index in [2.05, 4.69) is 27.4 Å². The highest BCUT2D eigenvalue weighted by Crippen LogP contribution is 2.28. The first-order valence-corrected chi connectivity index (χ1v) is 9.51. The van der Waals surface area contributed by atoms with Gasteiger partial charge in [0.15, 0.2) is 5.65 Å². The summed E-state index contributed by atoms with van der Waals surface area (Å²) in [5.74, 6) is 5.31. The van der Waals surface area contributed by atoms with Crippen molar-refractivity contribution in [2.45, 2.75) is 32.2 Å².